The summed E-state index contributed by atoms with van der Waals surface area (Å²) in [5, 5.41) is 15.3. The molecule has 50 heavy (non-hydrogen) atoms. The largest absolute Gasteiger partial charge is 0.458 e. The summed E-state index contributed by atoms with van der Waals surface area (Å²) in [4.78, 5) is 42.6. The lowest BCUT2D eigenvalue weighted by Crippen LogP contribution is -2.59. The van der Waals surface area contributed by atoms with E-state index in [1.807, 2.05) is 64.9 Å². The second-order valence-corrected chi connectivity index (χ2v) is 15.7. The Kier molecular flexibility index (Phi) is 13.7. The fourth-order valence-corrected chi connectivity index (χ4v) is 8.48. The fourth-order valence-electron chi connectivity index (χ4n) is 8.48. The van der Waals surface area contributed by atoms with Crippen LogP contribution in [0.3, 0.4) is 0 Å². The highest BCUT2D eigenvalue weighted by atomic mass is 16.7. The average Bonchev–Trinajstić information content (AvgIpc) is 3.41. The minimum atomic E-state index is -1.13. The van der Waals surface area contributed by atoms with Gasteiger partial charge in [0.2, 0.25) is 0 Å². The maximum absolute atomic E-state index is 14.3. The van der Waals surface area contributed by atoms with Gasteiger partial charge >= 0.3 is 11.9 Å². The van der Waals surface area contributed by atoms with Crippen LogP contribution in [0.4, 0.5) is 0 Å². The molecule has 0 aliphatic carbocycles. The molecule has 0 saturated carbocycles. The Bertz CT molecular complexity index is 1300. The van der Waals surface area contributed by atoms with E-state index >= 15 is 0 Å². The van der Waals surface area contributed by atoms with Crippen LogP contribution in [-0.2, 0) is 44.5 Å². The zero-order valence-electron chi connectivity index (χ0n) is 31.8. The van der Waals surface area contributed by atoms with Crippen LogP contribution in [0.1, 0.15) is 86.1 Å². The van der Waals surface area contributed by atoms with Gasteiger partial charge in [0, 0.05) is 31.0 Å². The number of cyclic esters (lactones) is 1. The average molecular weight is 703 g/mol. The maximum atomic E-state index is 14.3. The molecule has 4 rings (SSSR count). The Morgan fingerprint density at radius 2 is 1.74 bits per heavy atom. The molecule has 1 aromatic rings. The Balaban J connectivity index is 1.67. The molecule has 11 heteroatoms. The molecule has 0 spiro atoms. The van der Waals surface area contributed by atoms with Crippen LogP contribution >= 0.6 is 0 Å². The Morgan fingerprint density at radius 1 is 1.06 bits per heavy atom. The van der Waals surface area contributed by atoms with E-state index < -0.39 is 53.6 Å². The van der Waals surface area contributed by atoms with Crippen LogP contribution in [0.2, 0.25) is 0 Å². The number of methoxy groups -OCH3 is 1. The number of nitrogens with zero attached hydrogens (tertiary/aromatic N) is 1. The molecule has 3 heterocycles. The molecule has 2 unspecified atom stereocenters. The van der Waals surface area contributed by atoms with Gasteiger partial charge in [-0.3, -0.25) is 14.4 Å². The molecule has 0 amide bonds. The predicted molar refractivity (Wildman–Crippen MR) is 189 cm³/mol. The molecule has 3 aliphatic heterocycles. The summed E-state index contributed by atoms with van der Waals surface area (Å²) >= 11 is 0. The third-order valence-electron chi connectivity index (χ3n) is 11.7. The highest BCUT2D eigenvalue weighted by Gasteiger charge is 2.55. The first-order chi connectivity index (χ1) is 23.5. The fraction of sp³-hybridized carbons (Fsp3) is 0.769. The number of nitrogens with one attached hydrogen (secondary N) is 1. The topological polar surface area (TPSA) is 133 Å². The SMILES string of the molecule is CC[C@H]1OC(=O)C(C)C(=O)[C@H](C)[C@@H](O[C@@H]2O[C@H](CCc3ccccc3)CC(N(C)C)[C@H]2O)[C@](C)(OC)C[C@@H](C)CN[C@H](C)[C@H]2CC(=O)O[C@@]21C. The number of rotatable bonds is 8. The standard InChI is InChI=1S/C39H62N2O9/c1-11-31-39(7)29(20-32(42)50-39)26(5)40-22-23(2)21-38(6,46-10)35(24(3)33(43)25(4)36(45)48-31)49-37-34(44)30(41(8)9)19-28(47-37)18-17-27-15-13-12-14-16-27/h12-16,23-26,28-31,34-35,37,40,44H,11,17-22H2,1-10H3/t23-,24+,25?,26-,28-,29-,30?,31-,34-,35-,37+,38-,39+/m1/s1. The first kappa shape index (κ1) is 40.4. The number of benzene rings is 1. The molecule has 1 aromatic carbocycles. The van der Waals surface area contributed by atoms with E-state index in [1.165, 1.54) is 5.56 Å². The van der Waals surface area contributed by atoms with E-state index in [2.05, 4.69) is 24.4 Å². The van der Waals surface area contributed by atoms with Gasteiger partial charge in [0.05, 0.1) is 24.2 Å². The van der Waals surface area contributed by atoms with E-state index in [4.69, 9.17) is 23.7 Å². The van der Waals surface area contributed by atoms with Gasteiger partial charge < -0.3 is 39.0 Å². The second-order valence-electron chi connectivity index (χ2n) is 15.7. The van der Waals surface area contributed by atoms with Crippen LogP contribution in [0.15, 0.2) is 30.3 Å². The van der Waals surface area contributed by atoms with Crippen LogP contribution in [0.5, 0.6) is 0 Å². The first-order valence-electron chi connectivity index (χ1n) is 18.5. The number of likely N-dealkylation sites (N-methyl/N-ethyl adjacent to an activating group) is 1. The van der Waals surface area contributed by atoms with Gasteiger partial charge in [0.1, 0.15) is 18.1 Å². The molecule has 282 valence electrons. The number of ketones is 1. The van der Waals surface area contributed by atoms with Crippen molar-refractivity contribution in [2.45, 2.75) is 141 Å². The number of hydrogen-bond acceptors (Lipinski definition) is 11. The van der Waals surface area contributed by atoms with Crippen LogP contribution in [-0.4, -0.2) is 109 Å². The van der Waals surface area contributed by atoms with Gasteiger partial charge in [-0.05, 0) is 91.9 Å². The zero-order chi connectivity index (χ0) is 37.0. The zero-order valence-corrected chi connectivity index (χ0v) is 31.8. The monoisotopic (exact) mass is 702 g/mol. The summed E-state index contributed by atoms with van der Waals surface area (Å²) < 4.78 is 31.5. The summed E-state index contributed by atoms with van der Waals surface area (Å²) in [6.07, 6.45) is -0.563. The van der Waals surface area contributed by atoms with Crippen molar-refractivity contribution in [1.82, 2.24) is 10.2 Å². The normalized spacial score (nSPS) is 40.8. The van der Waals surface area contributed by atoms with E-state index in [1.54, 1.807) is 21.0 Å². The third-order valence-corrected chi connectivity index (χ3v) is 11.7. The molecule has 3 saturated heterocycles. The van der Waals surface area contributed by atoms with Crippen molar-refractivity contribution < 1.29 is 43.2 Å². The van der Waals surface area contributed by atoms with Gasteiger partial charge in [-0.2, -0.15) is 0 Å². The number of esters is 2. The summed E-state index contributed by atoms with van der Waals surface area (Å²) in [7, 11) is 5.47. The number of ether oxygens (including phenoxy) is 5. The molecule has 13 atom stereocenters. The third kappa shape index (κ3) is 8.96. The Hall–Kier alpha value is -2.41. The summed E-state index contributed by atoms with van der Waals surface area (Å²) in [5.74, 6) is -3.54. The van der Waals surface area contributed by atoms with Gasteiger partial charge in [-0.25, -0.2) is 0 Å². The number of Topliss-reactive ketones (excluding diaryl/α,β-unsaturated/α-hetero) is 1. The smallest absolute Gasteiger partial charge is 0.316 e. The molecule has 0 bridgehead atoms. The van der Waals surface area contributed by atoms with E-state index in [0.29, 0.717) is 25.8 Å². The Labute approximate surface area is 299 Å². The summed E-state index contributed by atoms with van der Waals surface area (Å²) in [6, 6.07) is 9.84. The number of carbonyl (C=O) groups is 3. The van der Waals surface area contributed by atoms with E-state index in [9.17, 15) is 19.5 Å². The molecule has 3 fully saturated rings. The van der Waals surface area contributed by atoms with Gasteiger partial charge in [0.25, 0.3) is 0 Å². The molecular weight excluding hydrogens is 640 g/mol. The number of fused-ring (bicyclic) bond motifs is 1. The van der Waals surface area contributed by atoms with Crippen molar-refractivity contribution in [1.29, 1.82) is 0 Å². The number of aliphatic hydroxyl groups excluding tert-OH is 1. The van der Waals surface area contributed by atoms with Crippen molar-refractivity contribution in [2.24, 2.45) is 23.7 Å². The minimum absolute atomic E-state index is 0.0489. The van der Waals surface area contributed by atoms with Crippen molar-refractivity contribution in [3.8, 4) is 0 Å². The van der Waals surface area contributed by atoms with Crippen molar-refractivity contribution >= 4 is 17.7 Å². The quantitative estimate of drug-likeness (QED) is 0.297. The van der Waals surface area contributed by atoms with Gasteiger partial charge in [0.15, 0.2) is 17.7 Å². The van der Waals surface area contributed by atoms with Crippen LogP contribution in [0.25, 0.3) is 0 Å². The van der Waals surface area contributed by atoms with E-state index in [0.717, 1.165) is 12.8 Å². The predicted octanol–water partition coefficient (Wildman–Crippen LogP) is 4.32. The van der Waals surface area contributed by atoms with Crippen LogP contribution < -0.4 is 5.32 Å². The second kappa shape index (κ2) is 16.9. The minimum Gasteiger partial charge on any atom is -0.458 e. The van der Waals surface area contributed by atoms with Crippen LogP contribution in [0, 0.1) is 23.7 Å². The van der Waals surface area contributed by atoms with Crippen molar-refractivity contribution in [2.75, 3.05) is 27.7 Å². The lowest BCUT2D eigenvalue weighted by Gasteiger charge is -2.47. The highest BCUT2D eigenvalue weighted by Crippen LogP contribution is 2.42. The van der Waals surface area contributed by atoms with Gasteiger partial charge in [-0.1, -0.05) is 51.1 Å². The summed E-state index contributed by atoms with van der Waals surface area (Å²) in [6.45, 7) is 13.6. The maximum Gasteiger partial charge on any atom is 0.316 e. The van der Waals surface area contributed by atoms with E-state index in [-0.39, 0.29) is 48.2 Å². The molecular formula is C39H62N2O9. The lowest BCUT2D eigenvalue weighted by molar-refractivity contribution is -0.298. The number of carbonyl (C=O) groups excluding carboxylic acids is 3. The lowest BCUT2D eigenvalue weighted by atomic mass is 9.78. The number of hydrogen-bond donors (Lipinski definition) is 2. The highest BCUT2D eigenvalue weighted by molar-refractivity contribution is 6.00. The number of aliphatic hydroxyl groups is 1. The molecule has 11 nitrogen and oxygen atoms in total. The molecule has 2 N–H and O–H groups in total. The Morgan fingerprint density at radius 3 is 2.36 bits per heavy atom. The molecule has 0 aromatic heterocycles. The van der Waals surface area contributed by atoms with Gasteiger partial charge in [-0.15, -0.1) is 0 Å². The number of aryl methyl sites for hydroxylation is 1. The van der Waals surface area contributed by atoms with Crippen molar-refractivity contribution in [3.05, 3.63) is 35.9 Å². The summed E-state index contributed by atoms with van der Waals surface area (Å²) in [5.41, 5.74) is -0.857. The molecule has 3 aliphatic rings. The molecule has 0 radical (unpaired) electrons. The van der Waals surface area contributed by atoms with Crippen molar-refractivity contribution in [3.63, 3.8) is 0 Å². The first-order valence-corrected chi connectivity index (χ1v) is 18.5.